The lowest BCUT2D eigenvalue weighted by Crippen LogP contribution is -2.36. The second kappa shape index (κ2) is 7.55. The zero-order valence-electron chi connectivity index (χ0n) is 11.4. The first-order valence-corrected chi connectivity index (χ1v) is 7.33. The number of amides is 2. The van der Waals surface area contributed by atoms with Gasteiger partial charge in [-0.2, -0.15) is 0 Å². The lowest BCUT2D eigenvalue weighted by Gasteiger charge is -2.07. The summed E-state index contributed by atoms with van der Waals surface area (Å²) in [5.74, 6) is 0.814. The summed E-state index contributed by atoms with van der Waals surface area (Å²) in [6, 6.07) is 11.6. The number of hydrogen-bond acceptors (Lipinski definition) is 3. The van der Waals surface area contributed by atoms with Crippen LogP contribution in [0.5, 0.6) is 5.75 Å². The van der Waals surface area contributed by atoms with E-state index in [-0.39, 0.29) is 6.03 Å². The van der Waals surface area contributed by atoms with E-state index in [9.17, 15) is 4.79 Å². The fourth-order valence-corrected chi connectivity index (χ4v) is 2.45. The van der Waals surface area contributed by atoms with Crippen LogP contribution in [0.15, 0.2) is 41.8 Å². The number of nitrogens with one attached hydrogen (secondary N) is 2. The summed E-state index contributed by atoms with van der Waals surface area (Å²) in [7, 11) is 1.63. The fourth-order valence-electron chi connectivity index (χ4n) is 1.74. The molecule has 2 N–H and O–H groups in total. The molecule has 5 heteroatoms. The topological polar surface area (TPSA) is 50.4 Å². The largest absolute Gasteiger partial charge is 0.497 e. The highest BCUT2D eigenvalue weighted by Crippen LogP contribution is 2.11. The van der Waals surface area contributed by atoms with Crippen molar-refractivity contribution in [2.45, 2.75) is 13.0 Å². The molecule has 106 valence electrons. The van der Waals surface area contributed by atoms with Crippen LogP contribution in [0, 0.1) is 0 Å². The van der Waals surface area contributed by atoms with Crippen molar-refractivity contribution in [3.05, 3.63) is 52.2 Å². The number of benzene rings is 1. The fraction of sp³-hybridized carbons (Fsp3) is 0.267. The summed E-state index contributed by atoms with van der Waals surface area (Å²) in [6.45, 7) is 1.16. The monoisotopic (exact) mass is 290 g/mol. The molecule has 2 rings (SSSR count). The van der Waals surface area contributed by atoms with E-state index in [1.807, 2.05) is 35.7 Å². The van der Waals surface area contributed by atoms with E-state index in [0.717, 1.165) is 17.7 Å². The quantitative estimate of drug-likeness (QED) is 0.859. The predicted molar refractivity (Wildman–Crippen MR) is 81.3 cm³/mol. The van der Waals surface area contributed by atoms with Gasteiger partial charge in [-0.05, 0) is 35.6 Å². The van der Waals surface area contributed by atoms with Crippen LogP contribution in [0.2, 0.25) is 0 Å². The molecule has 0 saturated carbocycles. The minimum Gasteiger partial charge on any atom is -0.497 e. The Bertz CT molecular complexity index is 523. The average molecular weight is 290 g/mol. The van der Waals surface area contributed by atoms with Gasteiger partial charge < -0.3 is 15.4 Å². The van der Waals surface area contributed by atoms with Gasteiger partial charge in [0.05, 0.1) is 7.11 Å². The highest BCUT2D eigenvalue weighted by molar-refractivity contribution is 7.09. The third kappa shape index (κ3) is 4.59. The van der Waals surface area contributed by atoms with Crippen molar-refractivity contribution < 1.29 is 9.53 Å². The number of urea groups is 1. The molecule has 4 nitrogen and oxygen atoms in total. The van der Waals surface area contributed by atoms with Crippen molar-refractivity contribution in [1.29, 1.82) is 0 Å². The summed E-state index contributed by atoms with van der Waals surface area (Å²) in [6.07, 6.45) is 0.869. The Balaban J connectivity index is 1.66. The lowest BCUT2D eigenvalue weighted by atomic mass is 10.2. The lowest BCUT2D eigenvalue weighted by molar-refractivity contribution is 0.240. The van der Waals surface area contributed by atoms with Crippen LogP contribution in [-0.4, -0.2) is 19.7 Å². The molecule has 20 heavy (non-hydrogen) atoms. The molecule has 0 saturated heterocycles. The number of rotatable bonds is 6. The van der Waals surface area contributed by atoms with Crippen LogP contribution in [-0.2, 0) is 13.0 Å². The molecule has 1 aromatic heterocycles. The van der Waals surface area contributed by atoms with Crippen molar-refractivity contribution in [1.82, 2.24) is 10.6 Å². The molecular formula is C15H18N2O2S. The molecule has 1 heterocycles. The Morgan fingerprint density at radius 2 is 2.00 bits per heavy atom. The van der Waals surface area contributed by atoms with Gasteiger partial charge in [0, 0.05) is 18.0 Å². The maximum Gasteiger partial charge on any atom is 0.315 e. The molecule has 0 spiro atoms. The minimum atomic E-state index is -0.141. The van der Waals surface area contributed by atoms with Gasteiger partial charge in [0.1, 0.15) is 5.75 Å². The number of methoxy groups -OCH3 is 1. The van der Waals surface area contributed by atoms with Gasteiger partial charge in [0.2, 0.25) is 0 Å². The third-order valence-electron chi connectivity index (χ3n) is 2.85. The van der Waals surface area contributed by atoms with E-state index < -0.39 is 0 Å². The maximum atomic E-state index is 11.6. The van der Waals surface area contributed by atoms with Gasteiger partial charge in [-0.3, -0.25) is 0 Å². The van der Waals surface area contributed by atoms with Crippen LogP contribution in [0.3, 0.4) is 0 Å². The second-order valence-corrected chi connectivity index (χ2v) is 5.32. The third-order valence-corrected chi connectivity index (χ3v) is 3.79. The Morgan fingerprint density at radius 3 is 2.65 bits per heavy atom. The zero-order valence-corrected chi connectivity index (χ0v) is 12.2. The first-order valence-electron chi connectivity index (χ1n) is 6.45. The average Bonchev–Trinajstić information content (AvgIpc) is 2.99. The van der Waals surface area contributed by atoms with Crippen molar-refractivity contribution in [2.75, 3.05) is 13.7 Å². The normalized spacial score (nSPS) is 10.1. The molecule has 0 bridgehead atoms. The van der Waals surface area contributed by atoms with Crippen molar-refractivity contribution in [3.63, 3.8) is 0 Å². The smallest absolute Gasteiger partial charge is 0.315 e. The summed E-state index contributed by atoms with van der Waals surface area (Å²) in [4.78, 5) is 12.9. The summed E-state index contributed by atoms with van der Waals surface area (Å²) in [5, 5.41) is 7.72. The molecule has 2 amide bonds. The number of carbonyl (C=O) groups excluding carboxylic acids is 1. The summed E-state index contributed by atoms with van der Waals surface area (Å²) in [5.41, 5.74) is 1.04. The highest BCUT2D eigenvalue weighted by atomic mass is 32.1. The van der Waals surface area contributed by atoms with Crippen LogP contribution < -0.4 is 15.4 Å². The van der Waals surface area contributed by atoms with Crippen LogP contribution >= 0.6 is 11.3 Å². The van der Waals surface area contributed by atoms with Crippen molar-refractivity contribution in [3.8, 4) is 5.75 Å². The van der Waals surface area contributed by atoms with Crippen molar-refractivity contribution >= 4 is 17.4 Å². The van der Waals surface area contributed by atoms with Gasteiger partial charge in [-0.1, -0.05) is 18.2 Å². The molecule has 0 aliphatic rings. The van der Waals surface area contributed by atoms with E-state index in [0.29, 0.717) is 13.1 Å². The molecule has 0 aliphatic heterocycles. The van der Waals surface area contributed by atoms with Gasteiger partial charge in [0.15, 0.2) is 0 Å². The van der Waals surface area contributed by atoms with Gasteiger partial charge >= 0.3 is 6.03 Å². The maximum absolute atomic E-state index is 11.6. The highest BCUT2D eigenvalue weighted by Gasteiger charge is 2.01. The van der Waals surface area contributed by atoms with E-state index in [2.05, 4.69) is 16.7 Å². The van der Waals surface area contributed by atoms with Crippen LogP contribution in [0.1, 0.15) is 10.4 Å². The van der Waals surface area contributed by atoms with E-state index in [1.165, 1.54) is 4.88 Å². The van der Waals surface area contributed by atoms with Gasteiger partial charge in [0.25, 0.3) is 0 Å². The Morgan fingerprint density at radius 1 is 1.20 bits per heavy atom. The standard InChI is InChI=1S/C15H18N2O2S/c1-19-13-6-4-12(5-7-13)11-17-15(18)16-9-8-14-3-2-10-20-14/h2-7,10H,8-9,11H2,1H3,(H2,16,17,18). The number of ether oxygens (including phenoxy) is 1. The number of hydrogen-bond donors (Lipinski definition) is 2. The van der Waals surface area contributed by atoms with E-state index in [4.69, 9.17) is 4.74 Å². The zero-order chi connectivity index (χ0) is 14.2. The molecular weight excluding hydrogens is 272 g/mol. The minimum absolute atomic E-state index is 0.141. The molecule has 0 aliphatic carbocycles. The van der Waals surface area contributed by atoms with Crippen molar-refractivity contribution in [2.24, 2.45) is 0 Å². The Hall–Kier alpha value is -2.01. The predicted octanol–water partition coefficient (Wildman–Crippen LogP) is 2.80. The van der Waals surface area contributed by atoms with Gasteiger partial charge in [-0.25, -0.2) is 4.79 Å². The molecule has 0 fully saturated rings. The van der Waals surface area contributed by atoms with Crippen LogP contribution in [0.25, 0.3) is 0 Å². The number of thiophene rings is 1. The molecule has 1 aromatic carbocycles. The summed E-state index contributed by atoms with van der Waals surface area (Å²) >= 11 is 1.70. The summed E-state index contributed by atoms with van der Waals surface area (Å²) < 4.78 is 5.08. The SMILES string of the molecule is COc1ccc(CNC(=O)NCCc2cccs2)cc1. The first kappa shape index (κ1) is 14.4. The molecule has 0 atom stereocenters. The van der Waals surface area contributed by atoms with Crippen LogP contribution in [0.4, 0.5) is 4.79 Å². The first-order chi connectivity index (χ1) is 9.78. The van der Waals surface area contributed by atoms with E-state index in [1.54, 1.807) is 18.4 Å². The van der Waals surface area contributed by atoms with Gasteiger partial charge in [-0.15, -0.1) is 11.3 Å². The van der Waals surface area contributed by atoms with E-state index >= 15 is 0 Å². The number of carbonyl (C=O) groups is 1. The molecule has 0 radical (unpaired) electrons. The second-order valence-electron chi connectivity index (χ2n) is 4.29. The Labute approximate surface area is 122 Å². The molecule has 0 unspecified atom stereocenters. The Kier molecular flexibility index (Phi) is 5.43. The molecule has 2 aromatic rings.